The first-order valence-electron chi connectivity index (χ1n) is 11.4. The zero-order valence-corrected chi connectivity index (χ0v) is 20.4. The summed E-state index contributed by atoms with van der Waals surface area (Å²) in [5, 5.41) is 13.3. The van der Waals surface area contributed by atoms with Crippen molar-refractivity contribution in [3.63, 3.8) is 0 Å². The maximum absolute atomic E-state index is 13.1. The Morgan fingerprint density at radius 2 is 1.79 bits per heavy atom. The summed E-state index contributed by atoms with van der Waals surface area (Å²) >= 11 is 3.39. The summed E-state index contributed by atoms with van der Waals surface area (Å²) in [4.78, 5) is 15.1. The molecule has 2 N–H and O–H groups in total. The highest BCUT2D eigenvalue weighted by Gasteiger charge is 2.23. The normalized spacial score (nSPS) is 15.6. The van der Waals surface area contributed by atoms with E-state index in [4.69, 9.17) is 4.74 Å². The van der Waals surface area contributed by atoms with Gasteiger partial charge in [0.2, 0.25) is 0 Å². The van der Waals surface area contributed by atoms with Gasteiger partial charge >= 0.3 is 0 Å². The van der Waals surface area contributed by atoms with Crippen LogP contribution in [0.2, 0.25) is 0 Å². The van der Waals surface area contributed by atoms with Crippen molar-refractivity contribution in [2.24, 2.45) is 0 Å². The number of amides is 1. The molecule has 4 rings (SSSR count). The van der Waals surface area contributed by atoms with E-state index in [1.807, 2.05) is 6.07 Å². The molecule has 1 amide bonds. The Morgan fingerprint density at radius 3 is 2.50 bits per heavy atom. The highest BCUT2D eigenvalue weighted by molar-refractivity contribution is 9.10. The zero-order chi connectivity index (χ0) is 23.9. The van der Waals surface area contributed by atoms with Crippen LogP contribution in [0.15, 0.2) is 77.3 Å². The summed E-state index contributed by atoms with van der Waals surface area (Å²) in [5.41, 5.74) is 2.19. The number of hydrogen-bond donors (Lipinski definition) is 2. The minimum atomic E-state index is -0.676. The van der Waals surface area contributed by atoms with Gasteiger partial charge in [-0.25, -0.2) is 4.39 Å². The number of ether oxygens (including phenoxy) is 1. The van der Waals surface area contributed by atoms with Gasteiger partial charge in [0.25, 0.3) is 5.91 Å². The molecule has 1 fully saturated rings. The molecule has 7 heteroatoms. The molecule has 1 heterocycles. The number of aliphatic hydroxyl groups is 1. The maximum Gasteiger partial charge on any atom is 0.259 e. The highest BCUT2D eigenvalue weighted by atomic mass is 79.9. The molecular weight excluding hydrogens is 499 g/mol. The molecule has 34 heavy (non-hydrogen) atoms. The first-order chi connectivity index (χ1) is 16.5. The van der Waals surface area contributed by atoms with Crippen LogP contribution in [0.5, 0.6) is 5.75 Å². The summed E-state index contributed by atoms with van der Waals surface area (Å²) < 4.78 is 19.7. The summed E-state index contributed by atoms with van der Waals surface area (Å²) in [7, 11) is 0. The van der Waals surface area contributed by atoms with Gasteiger partial charge in [0.1, 0.15) is 24.3 Å². The molecule has 3 aromatic carbocycles. The van der Waals surface area contributed by atoms with Gasteiger partial charge in [0, 0.05) is 16.7 Å². The van der Waals surface area contributed by atoms with Crippen molar-refractivity contribution in [1.29, 1.82) is 0 Å². The molecule has 3 aromatic rings. The SMILES string of the molecule is O=C(Nc1ccc(F)cc1)c1cc(Br)ccc1OCC(O)CN1CCC(c2ccccc2)CC1. The molecule has 0 spiro atoms. The zero-order valence-electron chi connectivity index (χ0n) is 18.8. The molecule has 5 nitrogen and oxygen atoms in total. The third kappa shape index (κ3) is 6.65. The lowest BCUT2D eigenvalue weighted by Crippen LogP contribution is -2.40. The standard InChI is InChI=1S/C27H28BrFN2O3/c28-21-6-11-26(25(16-21)27(33)30-23-9-7-22(29)8-10-23)34-18-24(32)17-31-14-12-20(13-15-31)19-4-2-1-3-5-19/h1-11,16,20,24,32H,12-15,17-18H2,(H,30,33). The summed E-state index contributed by atoms with van der Waals surface area (Å²) in [6, 6.07) is 21.3. The second-order valence-electron chi connectivity index (χ2n) is 8.55. The van der Waals surface area contributed by atoms with E-state index < -0.39 is 6.10 Å². The minimum Gasteiger partial charge on any atom is -0.490 e. The Morgan fingerprint density at radius 1 is 1.09 bits per heavy atom. The van der Waals surface area contributed by atoms with Gasteiger partial charge in [0.15, 0.2) is 0 Å². The topological polar surface area (TPSA) is 61.8 Å². The number of rotatable bonds is 8. The number of anilines is 1. The number of hydrogen-bond acceptors (Lipinski definition) is 4. The summed E-state index contributed by atoms with van der Waals surface area (Å²) in [6.07, 6.45) is 1.46. The Bertz CT molecular complexity index is 1090. The average Bonchev–Trinajstić information content (AvgIpc) is 2.85. The second kappa shape index (κ2) is 11.6. The molecule has 1 aliphatic rings. The van der Waals surface area contributed by atoms with Gasteiger partial charge in [-0.15, -0.1) is 0 Å². The number of carbonyl (C=O) groups excluding carboxylic acids is 1. The lowest BCUT2D eigenvalue weighted by molar-refractivity contribution is 0.0589. The largest absolute Gasteiger partial charge is 0.490 e. The smallest absolute Gasteiger partial charge is 0.259 e. The maximum atomic E-state index is 13.1. The Hall–Kier alpha value is -2.74. The fourth-order valence-corrected chi connectivity index (χ4v) is 4.61. The van der Waals surface area contributed by atoms with E-state index >= 15 is 0 Å². The lowest BCUT2D eigenvalue weighted by atomic mass is 9.89. The summed E-state index contributed by atoms with van der Waals surface area (Å²) in [6.45, 7) is 2.46. The number of nitrogens with zero attached hydrogens (tertiary/aromatic N) is 1. The van der Waals surface area contributed by atoms with Crippen LogP contribution in [0, 0.1) is 5.82 Å². The number of halogens is 2. The van der Waals surface area contributed by atoms with Crippen molar-refractivity contribution in [2.45, 2.75) is 24.9 Å². The van der Waals surface area contributed by atoms with Crippen LogP contribution in [0.1, 0.15) is 34.7 Å². The van der Waals surface area contributed by atoms with Crippen LogP contribution in [0.3, 0.4) is 0 Å². The third-order valence-corrected chi connectivity index (χ3v) is 6.54. The molecule has 1 atom stereocenters. The van der Waals surface area contributed by atoms with E-state index in [0.717, 1.165) is 30.4 Å². The van der Waals surface area contributed by atoms with Crippen LogP contribution >= 0.6 is 15.9 Å². The molecule has 0 saturated carbocycles. The van der Waals surface area contributed by atoms with E-state index in [1.165, 1.54) is 29.8 Å². The van der Waals surface area contributed by atoms with Gasteiger partial charge < -0.3 is 20.1 Å². The monoisotopic (exact) mass is 526 g/mol. The van der Waals surface area contributed by atoms with Crippen LogP contribution in [-0.2, 0) is 0 Å². The average molecular weight is 527 g/mol. The Kier molecular flexibility index (Phi) is 8.32. The quantitative estimate of drug-likeness (QED) is 0.409. The molecule has 1 aliphatic heterocycles. The fourth-order valence-electron chi connectivity index (χ4n) is 4.25. The van der Waals surface area contributed by atoms with Gasteiger partial charge in [-0.1, -0.05) is 46.3 Å². The van der Waals surface area contributed by atoms with E-state index in [2.05, 4.69) is 50.4 Å². The molecule has 0 aromatic heterocycles. The van der Waals surface area contributed by atoms with E-state index in [0.29, 0.717) is 29.5 Å². The number of carbonyl (C=O) groups is 1. The molecule has 1 saturated heterocycles. The number of β-amino-alcohol motifs (C(OH)–C–C–N with tert-alkyl or cyclic N) is 1. The fraction of sp³-hybridized carbons (Fsp3) is 0.296. The molecular formula is C27H28BrFN2O3. The van der Waals surface area contributed by atoms with Crippen LogP contribution < -0.4 is 10.1 Å². The van der Waals surface area contributed by atoms with Gasteiger partial charge in [-0.05, 0) is 79.9 Å². The van der Waals surface area contributed by atoms with E-state index in [-0.39, 0.29) is 18.3 Å². The summed E-state index contributed by atoms with van der Waals surface area (Å²) in [5.74, 6) is 0.198. The van der Waals surface area contributed by atoms with E-state index in [9.17, 15) is 14.3 Å². The number of piperidine rings is 1. The Labute approximate surface area is 207 Å². The number of benzene rings is 3. The first-order valence-corrected chi connectivity index (χ1v) is 12.2. The van der Waals surface area contributed by atoms with Crippen molar-refractivity contribution in [1.82, 2.24) is 4.90 Å². The van der Waals surface area contributed by atoms with Crippen molar-refractivity contribution >= 4 is 27.5 Å². The van der Waals surface area contributed by atoms with Crippen molar-refractivity contribution < 1.29 is 19.0 Å². The predicted molar refractivity (Wildman–Crippen MR) is 135 cm³/mol. The number of aliphatic hydroxyl groups excluding tert-OH is 1. The van der Waals surface area contributed by atoms with E-state index in [1.54, 1.807) is 18.2 Å². The molecule has 0 aliphatic carbocycles. The van der Waals surface area contributed by atoms with Crippen molar-refractivity contribution in [3.8, 4) is 5.75 Å². The minimum absolute atomic E-state index is 0.0804. The predicted octanol–water partition coefficient (Wildman–Crippen LogP) is 5.46. The van der Waals surface area contributed by atoms with Crippen molar-refractivity contribution in [3.05, 3.63) is 94.2 Å². The van der Waals surface area contributed by atoms with Crippen LogP contribution in [0.25, 0.3) is 0 Å². The first kappa shape index (κ1) is 24.4. The van der Waals surface area contributed by atoms with Crippen LogP contribution in [0.4, 0.5) is 10.1 Å². The molecule has 178 valence electrons. The van der Waals surface area contributed by atoms with Gasteiger partial charge in [0.05, 0.1) is 5.56 Å². The van der Waals surface area contributed by atoms with Gasteiger partial charge in [-0.2, -0.15) is 0 Å². The van der Waals surface area contributed by atoms with Gasteiger partial charge in [-0.3, -0.25) is 4.79 Å². The van der Waals surface area contributed by atoms with Crippen LogP contribution in [-0.4, -0.2) is 48.3 Å². The lowest BCUT2D eigenvalue weighted by Gasteiger charge is -2.33. The molecule has 0 radical (unpaired) electrons. The third-order valence-electron chi connectivity index (χ3n) is 6.05. The second-order valence-corrected chi connectivity index (χ2v) is 9.47. The van der Waals surface area contributed by atoms with Crippen molar-refractivity contribution in [2.75, 3.05) is 31.6 Å². The molecule has 0 bridgehead atoms. The molecule has 1 unspecified atom stereocenters. The number of nitrogens with one attached hydrogen (secondary N) is 1. The highest BCUT2D eigenvalue weighted by Crippen LogP contribution is 2.28. The number of likely N-dealkylation sites (tertiary alicyclic amines) is 1. The Balaban J connectivity index is 1.30.